The Balaban J connectivity index is 0.00000189. The molecule has 0 aromatic heterocycles. The number of carbonyl (C=O) groups is 2. The molecule has 2 amide bonds. The van der Waals surface area contributed by atoms with Gasteiger partial charge in [-0.2, -0.15) is 0 Å². The quantitative estimate of drug-likeness (QED) is 0.202. The van der Waals surface area contributed by atoms with Gasteiger partial charge < -0.3 is 15.1 Å². The fourth-order valence-electron chi connectivity index (χ4n) is 3.38. The highest BCUT2D eigenvalue weighted by molar-refractivity contribution is 7.62. The van der Waals surface area contributed by atoms with E-state index in [9.17, 15) is 9.59 Å². The number of nitrogens with one attached hydrogen (secondary N) is 1. The second-order valence-electron chi connectivity index (χ2n) is 7.75. The molecule has 7 heteroatoms. The smallest absolute Gasteiger partial charge is 0.227 e. The number of amides is 2. The van der Waals surface area contributed by atoms with Gasteiger partial charge in [-0.1, -0.05) is 45.6 Å². The first-order chi connectivity index (χ1) is 15.8. The molecule has 1 fully saturated rings. The van der Waals surface area contributed by atoms with Gasteiger partial charge in [-0.3, -0.25) is 14.6 Å². The van der Waals surface area contributed by atoms with Crippen LogP contribution < -0.4 is 5.32 Å². The van der Waals surface area contributed by atoms with Gasteiger partial charge in [-0.15, -0.1) is 6.58 Å². The molecule has 1 aromatic rings. The number of carbonyl (C=O) groups excluding carboxylic acids is 2. The molecule has 0 unspecified atom stereocenters. The van der Waals surface area contributed by atoms with Crippen LogP contribution in [0.15, 0.2) is 52.8 Å². The topological polar surface area (TPSA) is 65.0 Å². The Morgan fingerprint density at radius 3 is 2.21 bits per heavy atom. The predicted octanol–water partition coefficient (Wildman–Crippen LogP) is 5.22. The van der Waals surface area contributed by atoms with Crippen molar-refractivity contribution >= 4 is 31.8 Å². The van der Waals surface area contributed by atoms with Crippen LogP contribution in [0, 0.1) is 0 Å². The molecule has 6 nitrogen and oxygen atoms in total. The van der Waals surface area contributed by atoms with Gasteiger partial charge in [-0.05, 0) is 51.8 Å². The molecular formula is C26H43N4O2P. The maximum absolute atomic E-state index is 12.6. The van der Waals surface area contributed by atoms with Crippen LogP contribution in [-0.4, -0.2) is 74.5 Å². The van der Waals surface area contributed by atoms with Crippen molar-refractivity contribution in [3.05, 3.63) is 53.4 Å². The largest absolute Gasteiger partial charge is 0.342 e. The van der Waals surface area contributed by atoms with Gasteiger partial charge in [-0.25, -0.2) is 0 Å². The van der Waals surface area contributed by atoms with Crippen molar-refractivity contribution in [2.75, 3.05) is 51.9 Å². The van der Waals surface area contributed by atoms with Crippen molar-refractivity contribution < 1.29 is 9.59 Å². The summed E-state index contributed by atoms with van der Waals surface area (Å²) in [5, 5.41) is 4.71. The van der Waals surface area contributed by atoms with Crippen molar-refractivity contribution in [2.24, 2.45) is 4.99 Å². The second kappa shape index (κ2) is 17.1. The van der Waals surface area contributed by atoms with E-state index < -0.39 is 0 Å². The Morgan fingerprint density at radius 1 is 1.18 bits per heavy atom. The monoisotopic (exact) mass is 474 g/mol. The molecule has 1 aliphatic rings. The molecule has 0 aliphatic carbocycles. The third-order valence-corrected chi connectivity index (χ3v) is 6.28. The van der Waals surface area contributed by atoms with Gasteiger partial charge >= 0.3 is 0 Å². The van der Waals surface area contributed by atoms with Crippen LogP contribution in [0.5, 0.6) is 0 Å². The first-order valence-corrected chi connectivity index (χ1v) is 13.7. The number of nitrogens with zero attached hydrogens (tertiary/aromatic N) is 3. The summed E-state index contributed by atoms with van der Waals surface area (Å²) in [6.45, 7) is 20.3. The molecule has 0 spiro atoms. The van der Waals surface area contributed by atoms with Crippen LogP contribution in [-0.2, 0) is 16.0 Å². The number of rotatable bonds is 6. The van der Waals surface area contributed by atoms with E-state index in [1.807, 2.05) is 49.9 Å². The van der Waals surface area contributed by atoms with Crippen LogP contribution in [0.2, 0.25) is 0 Å². The minimum atomic E-state index is -0.284. The fraction of sp³-hybridized carbons (Fsp3) is 0.500. The molecular weight excluding hydrogens is 431 g/mol. The van der Waals surface area contributed by atoms with Gasteiger partial charge in [0.1, 0.15) is 5.84 Å². The molecule has 0 bridgehead atoms. The van der Waals surface area contributed by atoms with Gasteiger partial charge in [0.2, 0.25) is 12.3 Å². The van der Waals surface area contributed by atoms with Crippen LogP contribution in [0.1, 0.15) is 40.2 Å². The Bertz CT molecular complexity index is 806. The summed E-state index contributed by atoms with van der Waals surface area (Å²) >= 11 is 0. The summed E-state index contributed by atoms with van der Waals surface area (Å²) < 4.78 is 0. The van der Waals surface area contributed by atoms with Crippen molar-refractivity contribution in [2.45, 2.75) is 41.0 Å². The zero-order valence-corrected chi connectivity index (χ0v) is 22.7. The molecule has 0 atom stereocenters. The van der Waals surface area contributed by atoms with Crippen LogP contribution in [0.25, 0.3) is 0 Å². The standard InChI is InChI=1S/C21H31N4O2P.C3H6.C2H6/c1-16(2)20(28(4)5)21(22-3)23-18-8-6-7-17(13-18)14-19(27)25-11-9-24(15-26)10-12-25;1-3-2;1-2/h6-8,13,15H,9-12,14H2,1-5H3,(H,22,23);3H,1H2,2H3;1-2H3. The molecule has 33 heavy (non-hydrogen) atoms. The summed E-state index contributed by atoms with van der Waals surface area (Å²) in [5.41, 5.74) is 3.18. The lowest BCUT2D eigenvalue weighted by atomic mass is 10.1. The number of amidine groups is 1. The van der Waals surface area contributed by atoms with Crippen LogP contribution >= 0.6 is 7.92 Å². The van der Waals surface area contributed by atoms with Gasteiger partial charge in [0, 0.05) is 44.2 Å². The van der Waals surface area contributed by atoms with E-state index in [0.717, 1.165) is 23.5 Å². The lowest BCUT2D eigenvalue weighted by Crippen LogP contribution is -2.48. The SMILES string of the molecule is C=CC.CC.CN=C(Nc1cccc(CC(=O)N2CCN(C=O)CC2)c1)C(=C(C)C)P(C)C. The van der Waals surface area contributed by atoms with E-state index in [1.54, 1.807) is 18.0 Å². The number of hydrogen-bond acceptors (Lipinski definition) is 3. The highest BCUT2D eigenvalue weighted by Gasteiger charge is 2.20. The Labute approximate surface area is 202 Å². The van der Waals surface area contributed by atoms with Crippen LogP contribution in [0.3, 0.4) is 0 Å². The van der Waals surface area contributed by atoms with E-state index in [1.165, 1.54) is 10.9 Å². The third-order valence-electron chi connectivity index (χ3n) is 4.73. The van der Waals surface area contributed by atoms with E-state index in [-0.39, 0.29) is 13.8 Å². The Kier molecular flexibility index (Phi) is 15.8. The molecule has 0 radical (unpaired) electrons. The zero-order chi connectivity index (χ0) is 25.4. The average molecular weight is 475 g/mol. The molecule has 184 valence electrons. The van der Waals surface area contributed by atoms with Gasteiger partial charge in [0.05, 0.1) is 6.42 Å². The number of benzene rings is 1. The maximum Gasteiger partial charge on any atom is 0.227 e. The van der Waals surface area contributed by atoms with Gasteiger partial charge in [0.15, 0.2) is 0 Å². The Hall–Kier alpha value is -2.46. The molecule has 1 heterocycles. The highest BCUT2D eigenvalue weighted by atomic mass is 31.1. The lowest BCUT2D eigenvalue weighted by molar-refractivity contribution is -0.134. The lowest BCUT2D eigenvalue weighted by Gasteiger charge is -2.32. The number of piperazine rings is 1. The minimum absolute atomic E-state index is 0.0997. The van der Waals surface area contributed by atoms with E-state index >= 15 is 0 Å². The van der Waals surface area contributed by atoms with E-state index in [2.05, 4.69) is 44.1 Å². The number of allylic oxidation sites excluding steroid dienone is 2. The predicted molar refractivity (Wildman–Crippen MR) is 146 cm³/mol. The Morgan fingerprint density at radius 2 is 1.76 bits per heavy atom. The summed E-state index contributed by atoms with van der Waals surface area (Å²) in [6.07, 6.45) is 2.96. The molecule has 0 saturated carbocycles. The molecule has 2 rings (SSSR count). The molecule has 1 aromatic carbocycles. The summed E-state index contributed by atoms with van der Waals surface area (Å²) in [5.74, 6) is 0.993. The van der Waals surface area contributed by atoms with Crippen molar-refractivity contribution in [1.29, 1.82) is 0 Å². The highest BCUT2D eigenvalue weighted by Crippen LogP contribution is 2.39. The average Bonchev–Trinajstić information content (AvgIpc) is 2.80. The zero-order valence-electron chi connectivity index (χ0n) is 21.8. The summed E-state index contributed by atoms with van der Waals surface area (Å²) in [4.78, 5) is 31.4. The van der Waals surface area contributed by atoms with Gasteiger partial charge in [0.25, 0.3) is 0 Å². The minimum Gasteiger partial charge on any atom is -0.342 e. The fourth-order valence-corrected chi connectivity index (χ4v) is 4.85. The van der Waals surface area contributed by atoms with Crippen LogP contribution in [0.4, 0.5) is 5.69 Å². The van der Waals surface area contributed by atoms with Crippen molar-refractivity contribution in [3.8, 4) is 0 Å². The van der Waals surface area contributed by atoms with Crippen molar-refractivity contribution in [3.63, 3.8) is 0 Å². The second-order valence-corrected chi connectivity index (χ2v) is 9.98. The summed E-state index contributed by atoms with van der Waals surface area (Å²) in [6, 6.07) is 7.95. The van der Waals surface area contributed by atoms with E-state index in [4.69, 9.17) is 0 Å². The first-order valence-electron chi connectivity index (χ1n) is 11.5. The molecule has 1 saturated heterocycles. The molecule has 1 aliphatic heterocycles. The summed E-state index contributed by atoms with van der Waals surface area (Å²) in [7, 11) is 1.52. The maximum atomic E-state index is 12.6. The molecule has 1 N–H and O–H groups in total. The number of hydrogen-bond donors (Lipinski definition) is 1. The normalized spacial score (nSPS) is 13.2. The van der Waals surface area contributed by atoms with Crippen molar-refractivity contribution in [1.82, 2.24) is 9.80 Å². The van der Waals surface area contributed by atoms with E-state index in [0.29, 0.717) is 32.6 Å². The number of aliphatic imine (C=N–C) groups is 1. The third kappa shape index (κ3) is 10.8. The first kappa shape index (κ1) is 30.5. The number of anilines is 1.